The fourth-order valence-corrected chi connectivity index (χ4v) is 1.98. The Morgan fingerprint density at radius 3 is 2.84 bits per heavy atom. The lowest BCUT2D eigenvalue weighted by atomic mass is 10.1. The summed E-state index contributed by atoms with van der Waals surface area (Å²) in [6.45, 7) is 2.20. The molecule has 0 saturated carbocycles. The Hall–Kier alpha value is -1.94. The number of nitrogens with one attached hydrogen (secondary N) is 1. The van der Waals surface area contributed by atoms with E-state index in [-0.39, 0.29) is 12.0 Å². The van der Waals surface area contributed by atoms with Crippen LogP contribution in [0.1, 0.15) is 12.6 Å². The normalized spacial score (nSPS) is 12.3. The Bertz CT molecular complexity index is 569. The van der Waals surface area contributed by atoms with Gasteiger partial charge in [0.2, 0.25) is 0 Å². The molecule has 4 heteroatoms. The van der Waals surface area contributed by atoms with Gasteiger partial charge in [-0.15, -0.1) is 0 Å². The van der Waals surface area contributed by atoms with E-state index in [4.69, 9.17) is 4.74 Å². The highest BCUT2D eigenvalue weighted by Gasteiger charge is 2.18. The molecule has 0 aliphatic carbocycles. The molecule has 1 aromatic carbocycles. The van der Waals surface area contributed by atoms with Crippen LogP contribution in [0.25, 0.3) is 10.9 Å². The highest BCUT2D eigenvalue weighted by molar-refractivity contribution is 5.79. The van der Waals surface area contributed by atoms with Crippen molar-refractivity contribution >= 4 is 16.9 Å². The van der Waals surface area contributed by atoms with Gasteiger partial charge in [-0.1, -0.05) is 24.3 Å². The van der Waals surface area contributed by atoms with Crippen LogP contribution in [0.3, 0.4) is 0 Å². The zero-order valence-corrected chi connectivity index (χ0v) is 11.2. The molecule has 0 aliphatic rings. The first-order valence-corrected chi connectivity index (χ1v) is 6.43. The molecule has 2 rings (SSSR count). The van der Waals surface area contributed by atoms with Crippen LogP contribution in [0.5, 0.6) is 0 Å². The number of hydrogen-bond donors (Lipinski definition) is 1. The van der Waals surface area contributed by atoms with E-state index in [1.807, 2.05) is 36.4 Å². The van der Waals surface area contributed by atoms with E-state index in [0.717, 1.165) is 16.6 Å². The van der Waals surface area contributed by atoms with Crippen molar-refractivity contribution in [3.8, 4) is 0 Å². The molecule has 1 aromatic heterocycles. The van der Waals surface area contributed by atoms with Gasteiger partial charge in [-0.05, 0) is 26.1 Å². The number of rotatable bonds is 5. The van der Waals surface area contributed by atoms with Gasteiger partial charge in [0.15, 0.2) is 0 Å². The average molecular weight is 258 g/mol. The Labute approximate surface area is 112 Å². The van der Waals surface area contributed by atoms with E-state index in [1.54, 1.807) is 14.0 Å². The number of para-hydroxylation sites is 1. The molecule has 1 atom stereocenters. The summed E-state index contributed by atoms with van der Waals surface area (Å²) in [5.74, 6) is -0.236. The standard InChI is InChI=1S/C15H18N2O2/c1-3-19-15(18)14(16-2)10-12-9-8-11-6-4-5-7-13(11)17-12/h4-9,14,16H,3,10H2,1-2H3. The van der Waals surface area contributed by atoms with E-state index in [9.17, 15) is 4.79 Å². The van der Waals surface area contributed by atoms with Crippen LogP contribution in [-0.4, -0.2) is 30.6 Å². The SMILES string of the molecule is CCOC(=O)C(Cc1ccc2ccccc2n1)NC. The summed E-state index contributed by atoms with van der Waals surface area (Å²) < 4.78 is 5.03. The largest absolute Gasteiger partial charge is 0.465 e. The Morgan fingerprint density at radius 2 is 2.11 bits per heavy atom. The first-order valence-electron chi connectivity index (χ1n) is 6.43. The fraction of sp³-hybridized carbons (Fsp3) is 0.333. The summed E-state index contributed by atoms with van der Waals surface area (Å²) in [4.78, 5) is 16.3. The summed E-state index contributed by atoms with van der Waals surface area (Å²) in [5.41, 5.74) is 1.82. The summed E-state index contributed by atoms with van der Waals surface area (Å²) >= 11 is 0. The second-order valence-corrected chi connectivity index (χ2v) is 4.29. The molecule has 1 heterocycles. The van der Waals surface area contributed by atoms with Crippen molar-refractivity contribution in [3.05, 3.63) is 42.1 Å². The minimum atomic E-state index is -0.353. The first-order chi connectivity index (χ1) is 9.24. The van der Waals surface area contributed by atoms with Gasteiger partial charge in [0.1, 0.15) is 6.04 Å². The van der Waals surface area contributed by atoms with Gasteiger partial charge in [0, 0.05) is 17.5 Å². The predicted molar refractivity (Wildman–Crippen MR) is 74.9 cm³/mol. The molecule has 0 amide bonds. The van der Waals surface area contributed by atoms with Crippen molar-refractivity contribution in [2.75, 3.05) is 13.7 Å². The molecule has 0 spiro atoms. The van der Waals surface area contributed by atoms with E-state index < -0.39 is 0 Å². The van der Waals surface area contributed by atoms with Crippen LogP contribution in [0.4, 0.5) is 0 Å². The Morgan fingerprint density at radius 1 is 1.32 bits per heavy atom. The molecule has 4 nitrogen and oxygen atoms in total. The average Bonchev–Trinajstić information content (AvgIpc) is 2.44. The number of pyridine rings is 1. The molecule has 0 radical (unpaired) electrons. The van der Waals surface area contributed by atoms with Gasteiger partial charge in [-0.25, -0.2) is 0 Å². The summed E-state index contributed by atoms with van der Waals surface area (Å²) in [6.07, 6.45) is 0.528. The fourth-order valence-electron chi connectivity index (χ4n) is 1.98. The van der Waals surface area contributed by atoms with Gasteiger partial charge in [-0.3, -0.25) is 9.78 Å². The zero-order valence-electron chi connectivity index (χ0n) is 11.2. The van der Waals surface area contributed by atoms with Crippen LogP contribution in [0, 0.1) is 0 Å². The Balaban J connectivity index is 2.17. The number of hydrogen-bond acceptors (Lipinski definition) is 4. The summed E-state index contributed by atoms with van der Waals surface area (Å²) in [5, 5.41) is 4.07. The second kappa shape index (κ2) is 6.29. The maximum Gasteiger partial charge on any atom is 0.323 e. The lowest BCUT2D eigenvalue weighted by molar-refractivity contribution is -0.145. The molecule has 0 saturated heterocycles. The number of esters is 1. The van der Waals surface area contributed by atoms with Gasteiger partial charge in [0.05, 0.1) is 12.1 Å². The molecule has 19 heavy (non-hydrogen) atoms. The number of benzene rings is 1. The molecule has 2 aromatic rings. The van der Waals surface area contributed by atoms with Crippen LogP contribution in [-0.2, 0) is 16.0 Å². The van der Waals surface area contributed by atoms with E-state index >= 15 is 0 Å². The number of carbonyl (C=O) groups excluding carboxylic acids is 1. The van der Waals surface area contributed by atoms with Gasteiger partial charge in [0.25, 0.3) is 0 Å². The van der Waals surface area contributed by atoms with E-state index in [1.165, 1.54) is 0 Å². The first kappa shape index (κ1) is 13.5. The maximum atomic E-state index is 11.7. The van der Waals surface area contributed by atoms with E-state index in [0.29, 0.717) is 13.0 Å². The summed E-state index contributed by atoms with van der Waals surface area (Å²) in [7, 11) is 1.75. The van der Waals surface area contributed by atoms with Crippen molar-refractivity contribution < 1.29 is 9.53 Å². The second-order valence-electron chi connectivity index (χ2n) is 4.29. The zero-order chi connectivity index (χ0) is 13.7. The smallest absolute Gasteiger partial charge is 0.323 e. The minimum Gasteiger partial charge on any atom is -0.465 e. The molecule has 1 unspecified atom stereocenters. The highest BCUT2D eigenvalue weighted by atomic mass is 16.5. The van der Waals surface area contributed by atoms with E-state index in [2.05, 4.69) is 10.3 Å². The third kappa shape index (κ3) is 3.29. The quantitative estimate of drug-likeness (QED) is 0.833. The Kier molecular flexibility index (Phi) is 4.47. The van der Waals surface area contributed by atoms with Crippen LogP contribution < -0.4 is 5.32 Å². The van der Waals surface area contributed by atoms with Crippen LogP contribution >= 0.6 is 0 Å². The van der Waals surface area contributed by atoms with Crippen LogP contribution in [0.2, 0.25) is 0 Å². The van der Waals surface area contributed by atoms with Crippen molar-refractivity contribution in [2.45, 2.75) is 19.4 Å². The van der Waals surface area contributed by atoms with Gasteiger partial charge >= 0.3 is 5.97 Å². The van der Waals surface area contributed by atoms with Gasteiger partial charge < -0.3 is 10.1 Å². The molecule has 0 bridgehead atoms. The third-order valence-electron chi connectivity index (χ3n) is 2.99. The molecular weight excluding hydrogens is 240 g/mol. The summed E-state index contributed by atoms with van der Waals surface area (Å²) in [6, 6.07) is 11.6. The third-order valence-corrected chi connectivity index (χ3v) is 2.99. The number of nitrogens with zero attached hydrogens (tertiary/aromatic N) is 1. The number of carbonyl (C=O) groups is 1. The van der Waals surface area contributed by atoms with Crippen molar-refractivity contribution in [3.63, 3.8) is 0 Å². The molecule has 100 valence electrons. The maximum absolute atomic E-state index is 11.7. The topological polar surface area (TPSA) is 51.2 Å². The molecule has 0 fully saturated rings. The molecule has 0 aliphatic heterocycles. The van der Waals surface area contributed by atoms with Crippen molar-refractivity contribution in [1.29, 1.82) is 0 Å². The lowest BCUT2D eigenvalue weighted by Crippen LogP contribution is -2.37. The predicted octanol–water partition coefficient (Wildman–Crippen LogP) is 1.93. The van der Waals surface area contributed by atoms with Gasteiger partial charge in [-0.2, -0.15) is 0 Å². The molecular formula is C15H18N2O2. The monoisotopic (exact) mass is 258 g/mol. The number of likely N-dealkylation sites (N-methyl/N-ethyl adjacent to an activating group) is 1. The molecule has 1 N–H and O–H groups in total. The van der Waals surface area contributed by atoms with Crippen molar-refractivity contribution in [1.82, 2.24) is 10.3 Å². The minimum absolute atomic E-state index is 0.236. The number of aromatic nitrogens is 1. The number of fused-ring (bicyclic) bond motifs is 1. The lowest BCUT2D eigenvalue weighted by Gasteiger charge is -2.14. The highest BCUT2D eigenvalue weighted by Crippen LogP contribution is 2.13. The number of ether oxygens (including phenoxy) is 1. The van der Waals surface area contributed by atoms with Crippen molar-refractivity contribution in [2.24, 2.45) is 0 Å². The van der Waals surface area contributed by atoms with Crippen LogP contribution in [0.15, 0.2) is 36.4 Å².